The Hall–Kier alpha value is -1.58. The number of hydrogen-bond acceptors (Lipinski definition) is 3. The third-order valence-electron chi connectivity index (χ3n) is 4.07. The molecule has 1 aromatic rings. The van der Waals surface area contributed by atoms with Crippen molar-refractivity contribution in [1.29, 1.82) is 0 Å². The third kappa shape index (κ3) is 3.71. The lowest BCUT2D eigenvalue weighted by Gasteiger charge is -2.27. The van der Waals surface area contributed by atoms with Crippen LogP contribution in [0, 0.1) is 5.92 Å². The van der Waals surface area contributed by atoms with E-state index in [1.54, 1.807) is 6.07 Å². The van der Waals surface area contributed by atoms with Crippen LogP contribution in [-0.2, 0) is 0 Å². The molecule has 1 aromatic heterocycles. The summed E-state index contributed by atoms with van der Waals surface area (Å²) in [6, 6.07) is 3.81. The summed E-state index contributed by atoms with van der Waals surface area (Å²) < 4.78 is 0. The molecule has 0 atom stereocenters. The molecule has 0 spiro atoms. The number of pyridine rings is 1. The molecule has 0 radical (unpaired) electrons. The number of nitrogens with one attached hydrogen (secondary N) is 1. The summed E-state index contributed by atoms with van der Waals surface area (Å²) in [5.41, 5.74) is 7.29. The second-order valence-electron chi connectivity index (χ2n) is 6.29. The number of nitrogens with zero attached hydrogens (tertiary/aromatic N) is 1. The number of carbonyl (C=O) groups is 1. The minimum absolute atomic E-state index is 0.0273. The van der Waals surface area contributed by atoms with Crippen LogP contribution in [0.25, 0.3) is 0 Å². The van der Waals surface area contributed by atoms with E-state index in [0.717, 1.165) is 24.5 Å². The zero-order chi connectivity index (χ0) is 14.7. The summed E-state index contributed by atoms with van der Waals surface area (Å²) in [6.45, 7) is 6.37. The van der Waals surface area contributed by atoms with Gasteiger partial charge in [0.15, 0.2) is 0 Å². The molecule has 0 saturated heterocycles. The summed E-state index contributed by atoms with van der Waals surface area (Å²) in [5, 5.41) is 3.13. The standard InChI is InChI=1S/C16H25N3O/c1-10(2)14-8-12(9-15(17)19-14)16(20)18-13-6-4-11(3)5-7-13/h8-11,13H,4-7H2,1-3H3,(H2,17,19)(H,18,20). The van der Waals surface area contributed by atoms with Gasteiger partial charge in [-0.2, -0.15) is 0 Å². The number of hydrogen-bond donors (Lipinski definition) is 2. The first-order valence-electron chi connectivity index (χ1n) is 7.54. The smallest absolute Gasteiger partial charge is 0.251 e. The van der Waals surface area contributed by atoms with Crippen LogP contribution >= 0.6 is 0 Å². The molecule has 4 nitrogen and oxygen atoms in total. The fraction of sp³-hybridized carbons (Fsp3) is 0.625. The van der Waals surface area contributed by atoms with Gasteiger partial charge in [0.05, 0.1) is 0 Å². The molecule has 1 saturated carbocycles. The normalized spacial score (nSPS) is 22.8. The van der Waals surface area contributed by atoms with Crippen molar-refractivity contribution >= 4 is 11.7 Å². The number of nitrogens with two attached hydrogens (primary N) is 1. The van der Waals surface area contributed by atoms with Crippen LogP contribution in [-0.4, -0.2) is 16.9 Å². The average Bonchev–Trinajstić information content (AvgIpc) is 2.40. The van der Waals surface area contributed by atoms with Gasteiger partial charge in [-0.05, 0) is 49.7 Å². The van der Waals surface area contributed by atoms with Crippen molar-refractivity contribution in [3.05, 3.63) is 23.4 Å². The van der Waals surface area contributed by atoms with Gasteiger partial charge in [0.1, 0.15) is 5.82 Å². The molecule has 110 valence electrons. The lowest BCUT2D eigenvalue weighted by atomic mass is 9.87. The molecule has 0 bridgehead atoms. The van der Waals surface area contributed by atoms with Crippen LogP contribution in [0.1, 0.15) is 68.4 Å². The van der Waals surface area contributed by atoms with Crippen molar-refractivity contribution in [3.63, 3.8) is 0 Å². The fourth-order valence-corrected chi connectivity index (χ4v) is 2.67. The van der Waals surface area contributed by atoms with E-state index < -0.39 is 0 Å². The predicted molar refractivity (Wildman–Crippen MR) is 81.6 cm³/mol. The van der Waals surface area contributed by atoms with Gasteiger partial charge >= 0.3 is 0 Å². The zero-order valence-corrected chi connectivity index (χ0v) is 12.6. The lowest BCUT2D eigenvalue weighted by molar-refractivity contribution is 0.0923. The average molecular weight is 275 g/mol. The van der Waals surface area contributed by atoms with Gasteiger partial charge in [0, 0.05) is 17.3 Å². The van der Waals surface area contributed by atoms with Crippen LogP contribution in [0.2, 0.25) is 0 Å². The van der Waals surface area contributed by atoms with Gasteiger partial charge in [-0.25, -0.2) is 4.98 Å². The maximum Gasteiger partial charge on any atom is 0.251 e. The summed E-state index contributed by atoms with van der Waals surface area (Å²) in [4.78, 5) is 16.6. The maximum atomic E-state index is 12.3. The molecule has 20 heavy (non-hydrogen) atoms. The SMILES string of the molecule is CC1CCC(NC(=O)c2cc(N)nc(C(C)C)c2)CC1. The Morgan fingerprint density at radius 1 is 1.30 bits per heavy atom. The lowest BCUT2D eigenvalue weighted by Crippen LogP contribution is -2.37. The number of anilines is 1. The Balaban J connectivity index is 2.05. The van der Waals surface area contributed by atoms with E-state index >= 15 is 0 Å². The Labute approximate surface area is 121 Å². The van der Waals surface area contributed by atoms with Crippen molar-refractivity contribution in [2.75, 3.05) is 5.73 Å². The van der Waals surface area contributed by atoms with Crippen LogP contribution in [0.5, 0.6) is 0 Å². The molecular weight excluding hydrogens is 250 g/mol. The van der Waals surface area contributed by atoms with E-state index in [-0.39, 0.29) is 11.8 Å². The van der Waals surface area contributed by atoms with Gasteiger partial charge in [0.25, 0.3) is 5.91 Å². The second-order valence-corrected chi connectivity index (χ2v) is 6.29. The Kier molecular flexibility index (Phi) is 4.63. The molecule has 0 unspecified atom stereocenters. The highest BCUT2D eigenvalue weighted by atomic mass is 16.1. The summed E-state index contributed by atoms with van der Waals surface area (Å²) >= 11 is 0. The first-order chi connectivity index (χ1) is 9.45. The Bertz CT molecular complexity index is 477. The van der Waals surface area contributed by atoms with Crippen molar-refractivity contribution in [3.8, 4) is 0 Å². The van der Waals surface area contributed by atoms with Crippen LogP contribution in [0.4, 0.5) is 5.82 Å². The van der Waals surface area contributed by atoms with E-state index in [1.807, 2.05) is 19.9 Å². The maximum absolute atomic E-state index is 12.3. The minimum Gasteiger partial charge on any atom is -0.384 e. The second kappa shape index (κ2) is 6.25. The summed E-state index contributed by atoms with van der Waals surface area (Å²) in [7, 11) is 0. The first kappa shape index (κ1) is 14.8. The molecule has 3 N–H and O–H groups in total. The summed E-state index contributed by atoms with van der Waals surface area (Å²) in [5.74, 6) is 1.44. The largest absolute Gasteiger partial charge is 0.384 e. The number of nitrogen functional groups attached to an aromatic ring is 1. The molecule has 0 aliphatic heterocycles. The molecule has 1 amide bonds. The van der Waals surface area contributed by atoms with Crippen LogP contribution in [0.15, 0.2) is 12.1 Å². The molecule has 1 heterocycles. The van der Waals surface area contributed by atoms with E-state index in [9.17, 15) is 4.79 Å². The van der Waals surface area contributed by atoms with Crippen molar-refractivity contribution in [2.45, 2.75) is 58.4 Å². The monoisotopic (exact) mass is 275 g/mol. The molecule has 1 aliphatic carbocycles. The topological polar surface area (TPSA) is 68.0 Å². The van der Waals surface area contributed by atoms with Gasteiger partial charge < -0.3 is 11.1 Å². The molecule has 2 rings (SSSR count). The van der Waals surface area contributed by atoms with Gasteiger partial charge in [-0.3, -0.25) is 4.79 Å². The van der Waals surface area contributed by atoms with E-state index in [2.05, 4.69) is 17.2 Å². The molecule has 1 fully saturated rings. The highest BCUT2D eigenvalue weighted by Crippen LogP contribution is 2.24. The van der Waals surface area contributed by atoms with Crippen molar-refractivity contribution in [1.82, 2.24) is 10.3 Å². The number of amides is 1. The van der Waals surface area contributed by atoms with E-state index in [4.69, 9.17) is 5.73 Å². The summed E-state index contributed by atoms with van der Waals surface area (Å²) in [6.07, 6.45) is 4.54. The number of carbonyl (C=O) groups excluding carboxylic acids is 1. The Morgan fingerprint density at radius 3 is 2.55 bits per heavy atom. The van der Waals surface area contributed by atoms with Gasteiger partial charge in [0.2, 0.25) is 0 Å². The minimum atomic E-state index is -0.0273. The highest BCUT2D eigenvalue weighted by Gasteiger charge is 2.20. The van der Waals surface area contributed by atoms with Gasteiger partial charge in [-0.1, -0.05) is 20.8 Å². The molecule has 4 heteroatoms. The van der Waals surface area contributed by atoms with Crippen molar-refractivity contribution in [2.24, 2.45) is 5.92 Å². The van der Waals surface area contributed by atoms with Crippen molar-refractivity contribution < 1.29 is 4.79 Å². The van der Waals surface area contributed by atoms with E-state index in [0.29, 0.717) is 17.4 Å². The highest BCUT2D eigenvalue weighted by molar-refractivity contribution is 5.95. The third-order valence-corrected chi connectivity index (χ3v) is 4.07. The molecule has 0 aromatic carbocycles. The van der Waals surface area contributed by atoms with E-state index in [1.165, 1.54) is 12.8 Å². The van der Waals surface area contributed by atoms with Gasteiger partial charge in [-0.15, -0.1) is 0 Å². The number of aromatic nitrogens is 1. The van der Waals surface area contributed by atoms with Crippen LogP contribution < -0.4 is 11.1 Å². The first-order valence-corrected chi connectivity index (χ1v) is 7.54. The fourth-order valence-electron chi connectivity index (χ4n) is 2.67. The molecule has 1 aliphatic rings. The van der Waals surface area contributed by atoms with Crippen LogP contribution in [0.3, 0.4) is 0 Å². The zero-order valence-electron chi connectivity index (χ0n) is 12.6. The Morgan fingerprint density at radius 2 is 1.95 bits per heavy atom. The number of rotatable bonds is 3. The quantitative estimate of drug-likeness (QED) is 0.890. The predicted octanol–water partition coefficient (Wildman–Crippen LogP) is 3.10. The molecular formula is C16H25N3O.